The fraction of sp³-hybridized carbons (Fsp3) is 0. The summed E-state index contributed by atoms with van der Waals surface area (Å²) in [5, 5.41) is 9.03. The lowest BCUT2D eigenvalue weighted by molar-refractivity contribution is 0.668. The van der Waals surface area contributed by atoms with Gasteiger partial charge in [0.1, 0.15) is 22.4 Å². The molecule has 5 heteroatoms. The van der Waals surface area contributed by atoms with Crippen molar-refractivity contribution >= 4 is 103 Å². The van der Waals surface area contributed by atoms with Crippen molar-refractivity contribution < 1.29 is 8.83 Å². The average Bonchev–Trinajstić information content (AvgIpc) is 3.76. The summed E-state index contributed by atoms with van der Waals surface area (Å²) in [5.41, 5.74) is 6.26. The molecule has 6 aromatic carbocycles. The van der Waals surface area contributed by atoms with Gasteiger partial charge in [-0.1, -0.05) is 72.8 Å². The van der Waals surface area contributed by atoms with Crippen molar-refractivity contribution in [3.05, 3.63) is 134 Å². The predicted octanol–water partition coefficient (Wildman–Crippen LogP) is 11.9. The summed E-state index contributed by atoms with van der Waals surface area (Å²) < 4.78 is 15.6. The van der Waals surface area contributed by atoms with Crippen LogP contribution < -0.4 is 4.90 Å². The van der Waals surface area contributed by atoms with Crippen molar-refractivity contribution in [2.75, 3.05) is 4.90 Å². The van der Waals surface area contributed by atoms with Crippen LogP contribution in [-0.2, 0) is 0 Å². The van der Waals surface area contributed by atoms with Gasteiger partial charge in [0.25, 0.3) is 0 Å². The molecule has 0 fully saturated rings. The number of hydrogen-bond donors (Lipinski definition) is 0. The van der Waals surface area contributed by atoms with Crippen LogP contribution in [0.3, 0.4) is 0 Å². The molecule has 0 spiro atoms. The van der Waals surface area contributed by atoms with Crippen LogP contribution in [0.4, 0.5) is 17.1 Å². The molecule has 0 amide bonds. The molecule has 0 unspecified atom stereocenters. The number of benzene rings is 6. The van der Waals surface area contributed by atoms with E-state index < -0.39 is 0 Å². The first-order chi connectivity index (χ1) is 21.8. The van der Waals surface area contributed by atoms with E-state index >= 15 is 0 Å². The zero-order chi connectivity index (χ0) is 28.8. The standard InChI is InChI=1S/C39H22N2O2S/c1-2-8-26-23(7-1)13-16-31-32-21-40-22-33(39(32)43-38(26)31)41(24-14-17-28-27-9-3-5-11-34(27)42-35(28)19-24)25-15-18-30-29-10-4-6-12-36(29)44-37(30)20-25/h1-22H. The summed E-state index contributed by atoms with van der Waals surface area (Å²) in [6, 6.07) is 42.6. The molecule has 206 valence electrons. The number of nitrogens with zero attached hydrogens (tertiary/aromatic N) is 2. The highest BCUT2D eigenvalue weighted by molar-refractivity contribution is 7.25. The van der Waals surface area contributed by atoms with E-state index in [-0.39, 0.29) is 0 Å². The number of aromatic nitrogens is 1. The van der Waals surface area contributed by atoms with Crippen LogP contribution in [0.2, 0.25) is 0 Å². The van der Waals surface area contributed by atoms with Gasteiger partial charge in [-0.2, -0.15) is 0 Å². The van der Waals surface area contributed by atoms with E-state index in [4.69, 9.17) is 13.8 Å². The van der Waals surface area contributed by atoms with E-state index in [2.05, 4.69) is 114 Å². The van der Waals surface area contributed by atoms with Crippen LogP contribution in [0.5, 0.6) is 0 Å². The first-order valence-electron chi connectivity index (χ1n) is 14.6. The summed E-state index contributed by atoms with van der Waals surface area (Å²) in [6.07, 6.45) is 3.82. The molecule has 0 N–H and O–H groups in total. The number of para-hydroxylation sites is 1. The first-order valence-corrected chi connectivity index (χ1v) is 15.4. The molecule has 0 saturated carbocycles. The quantitative estimate of drug-likeness (QED) is 0.208. The van der Waals surface area contributed by atoms with Gasteiger partial charge in [0.2, 0.25) is 0 Å². The van der Waals surface area contributed by atoms with Crippen molar-refractivity contribution in [2.24, 2.45) is 0 Å². The Hall–Kier alpha value is -5.65. The minimum Gasteiger partial charge on any atom is -0.456 e. The van der Waals surface area contributed by atoms with E-state index in [9.17, 15) is 0 Å². The van der Waals surface area contributed by atoms with Gasteiger partial charge < -0.3 is 13.7 Å². The fourth-order valence-corrected chi connectivity index (χ4v) is 7.84. The molecule has 4 nitrogen and oxygen atoms in total. The highest BCUT2D eigenvalue weighted by atomic mass is 32.1. The number of pyridine rings is 1. The highest BCUT2D eigenvalue weighted by Gasteiger charge is 2.22. The van der Waals surface area contributed by atoms with Gasteiger partial charge in [0.15, 0.2) is 5.58 Å². The Bertz CT molecular complexity index is 2640. The Labute approximate surface area is 255 Å². The molecule has 0 bridgehead atoms. The summed E-state index contributed by atoms with van der Waals surface area (Å²) in [6.45, 7) is 0. The third-order valence-electron chi connectivity index (χ3n) is 8.73. The van der Waals surface area contributed by atoms with Gasteiger partial charge in [0, 0.05) is 65.1 Å². The topological polar surface area (TPSA) is 42.4 Å². The van der Waals surface area contributed by atoms with E-state index in [1.165, 1.54) is 20.2 Å². The van der Waals surface area contributed by atoms with Crippen molar-refractivity contribution in [3.63, 3.8) is 0 Å². The molecule has 0 aliphatic rings. The lowest BCUT2D eigenvalue weighted by atomic mass is 10.1. The Morgan fingerprint density at radius 2 is 1.18 bits per heavy atom. The predicted molar refractivity (Wildman–Crippen MR) is 184 cm³/mol. The largest absolute Gasteiger partial charge is 0.456 e. The number of rotatable bonds is 3. The maximum atomic E-state index is 6.79. The second-order valence-corrected chi connectivity index (χ2v) is 12.3. The van der Waals surface area contributed by atoms with E-state index in [0.717, 1.165) is 71.7 Å². The monoisotopic (exact) mass is 582 g/mol. The van der Waals surface area contributed by atoms with Crippen LogP contribution >= 0.6 is 11.3 Å². The van der Waals surface area contributed by atoms with Crippen molar-refractivity contribution in [3.8, 4) is 0 Å². The molecule has 0 aliphatic carbocycles. The van der Waals surface area contributed by atoms with E-state index in [1.807, 2.05) is 35.9 Å². The molecule has 0 atom stereocenters. The van der Waals surface area contributed by atoms with Gasteiger partial charge in [-0.05, 0) is 47.9 Å². The third kappa shape index (κ3) is 3.36. The van der Waals surface area contributed by atoms with Gasteiger partial charge >= 0.3 is 0 Å². The maximum absolute atomic E-state index is 6.79. The molecule has 4 aromatic heterocycles. The number of hydrogen-bond acceptors (Lipinski definition) is 5. The molecule has 0 radical (unpaired) electrons. The first kappa shape index (κ1) is 23.9. The molecular weight excluding hydrogens is 561 g/mol. The second kappa shape index (κ2) is 8.93. The zero-order valence-electron chi connectivity index (χ0n) is 23.3. The summed E-state index contributed by atoms with van der Waals surface area (Å²) in [4.78, 5) is 7.01. The molecule has 44 heavy (non-hydrogen) atoms. The van der Waals surface area contributed by atoms with E-state index in [1.54, 1.807) is 0 Å². The van der Waals surface area contributed by atoms with Crippen LogP contribution in [0.15, 0.2) is 143 Å². The minimum atomic E-state index is 0.799. The van der Waals surface area contributed by atoms with Gasteiger partial charge in [-0.25, -0.2) is 0 Å². The molecule has 0 aliphatic heterocycles. The van der Waals surface area contributed by atoms with Gasteiger partial charge in [-0.3, -0.25) is 4.98 Å². The molecule has 0 saturated heterocycles. The van der Waals surface area contributed by atoms with Crippen LogP contribution in [0.1, 0.15) is 0 Å². The van der Waals surface area contributed by atoms with Crippen molar-refractivity contribution in [2.45, 2.75) is 0 Å². The third-order valence-corrected chi connectivity index (χ3v) is 9.87. The summed E-state index contributed by atoms with van der Waals surface area (Å²) >= 11 is 1.81. The minimum absolute atomic E-state index is 0.799. The molecular formula is C39H22N2O2S. The van der Waals surface area contributed by atoms with Crippen LogP contribution in [0.25, 0.3) is 74.8 Å². The van der Waals surface area contributed by atoms with Crippen molar-refractivity contribution in [1.29, 1.82) is 0 Å². The lowest BCUT2D eigenvalue weighted by Crippen LogP contribution is -2.10. The Morgan fingerprint density at radius 1 is 0.477 bits per heavy atom. The lowest BCUT2D eigenvalue weighted by Gasteiger charge is -2.25. The Kier molecular flexibility index (Phi) is 4.84. The number of fused-ring (bicyclic) bond motifs is 11. The molecule has 10 aromatic rings. The highest BCUT2D eigenvalue weighted by Crippen LogP contribution is 2.45. The summed E-state index contributed by atoms with van der Waals surface area (Å²) in [7, 11) is 0. The zero-order valence-corrected chi connectivity index (χ0v) is 24.1. The SMILES string of the molecule is c1ccc2c(c1)ccc1c3cncc(N(c4ccc5c(c4)oc4ccccc45)c4ccc5c(c4)sc4ccccc45)c3oc21. The van der Waals surface area contributed by atoms with Gasteiger partial charge in [-0.15, -0.1) is 11.3 Å². The number of furan rings is 2. The average molecular weight is 583 g/mol. The summed E-state index contributed by atoms with van der Waals surface area (Å²) in [5.74, 6) is 0. The van der Waals surface area contributed by atoms with Crippen LogP contribution in [0, 0.1) is 0 Å². The van der Waals surface area contributed by atoms with Crippen molar-refractivity contribution in [1.82, 2.24) is 4.98 Å². The smallest absolute Gasteiger partial charge is 0.162 e. The molecule has 4 heterocycles. The molecule has 10 rings (SSSR count). The Balaban J connectivity index is 1.27. The number of thiophene rings is 1. The van der Waals surface area contributed by atoms with Crippen LogP contribution in [-0.4, -0.2) is 4.98 Å². The maximum Gasteiger partial charge on any atom is 0.162 e. The second-order valence-electron chi connectivity index (χ2n) is 11.2. The normalized spacial score (nSPS) is 12.1. The van der Waals surface area contributed by atoms with E-state index in [0.29, 0.717) is 0 Å². The van der Waals surface area contributed by atoms with Gasteiger partial charge in [0.05, 0.1) is 11.9 Å². The Morgan fingerprint density at radius 3 is 2.11 bits per heavy atom. The fourth-order valence-electron chi connectivity index (χ4n) is 6.70. The number of anilines is 3.